The van der Waals surface area contributed by atoms with Crippen LogP contribution in [0, 0.1) is 5.41 Å². The second kappa shape index (κ2) is 4.84. The molecule has 1 atom stereocenters. The minimum atomic E-state index is 0.304. The summed E-state index contributed by atoms with van der Waals surface area (Å²) in [4.78, 5) is 0. The summed E-state index contributed by atoms with van der Waals surface area (Å²) in [5.41, 5.74) is 1.34. The van der Waals surface area contributed by atoms with E-state index < -0.39 is 0 Å². The molecule has 1 aromatic heterocycles. The average Bonchev–Trinajstić information content (AvgIpc) is 2.55. The quantitative estimate of drug-likeness (QED) is 0.835. The number of rotatable bonds is 4. The molecular weight excluding hydrogens is 194 g/mol. The predicted molar refractivity (Wildman–Crippen MR) is 60.3 cm³/mol. The van der Waals surface area contributed by atoms with Gasteiger partial charge >= 0.3 is 0 Å². The second-order valence-corrected chi connectivity index (χ2v) is 5.21. The maximum absolute atomic E-state index is 4.01. The first-order valence-electron chi connectivity index (χ1n) is 5.03. The fourth-order valence-corrected chi connectivity index (χ4v) is 2.00. The normalized spacial score (nSPS) is 14.3. The van der Waals surface area contributed by atoms with Crippen molar-refractivity contribution in [1.82, 2.24) is 14.9 Å². The number of nitrogens with one attached hydrogen (secondary N) is 1. The second-order valence-electron chi connectivity index (χ2n) is 4.60. The van der Waals surface area contributed by atoms with E-state index in [0.29, 0.717) is 11.5 Å². The van der Waals surface area contributed by atoms with Gasteiger partial charge < -0.3 is 5.32 Å². The van der Waals surface area contributed by atoms with Gasteiger partial charge in [-0.15, -0.1) is 5.10 Å². The van der Waals surface area contributed by atoms with Crippen LogP contribution in [-0.2, 0) is 6.54 Å². The van der Waals surface area contributed by atoms with Crippen LogP contribution < -0.4 is 5.32 Å². The molecule has 0 amide bonds. The van der Waals surface area contributed by atoms with E-state index in [1.54, 1.807) is 0 Å². The van der Waals surface area contributed by atoms with Crippen LogP contribution in [0.15, 0.2) is 5.38 Å². The Labute approximate surface area is 90.1 Å². The zero-order chi connectivity index (χ0) is 10.6. The Morgan fingerprint density at radius 1 is 1.50 bits per heavy atom. The highest BCUT2D eigenvalue weighted by atomic mass is 32.1. The van der Waals surface area contributed by atoms with Gasteiger partial charge in [-0.25, -0.2) is 0 Å². The van der Waals surface area contributed by atoms with Crippen LogP contribution in [0.5, 0.6) is 0 Å². The maximum atomic E-state index is 4.01. The molecule has 0 spiro atoms. The molecule has 4 heteroatoms. The summed E-state index contributed by atoms with van der Waals surface area (Å²) in [5, 5.41) is 9.51. The highest BCUT2D eigenvalue weighted by Crippen LogP contribution is 2.21. The lowest BCUT2D eigenvalue weighted by Crippen LogP contribution is -2.39. The van der Waals surface area contributed by atoms with Crippen molar-refractivity contribution in [2.24, 2.45) is 5.41 Å². The molecule has 80 valence electrons. The van der Waals surface area contributed by atoms with Gasteiger partial charge in [0.15, 0.2) is 0 Å². The van der Waals surface area contributed by atoms with Crippen molar-refractivity contribution in [3.05, 3.63) is 11.1 Å². The monoisotopic (exact) mass is 213 g/mol. The van der Waals surface area contributed by atoms with Gasteiger partial charge in [-0.05, 0) is 23.4 Å². The molecule has 0 saturated carbocycles. The van der Waals surface area contributed by atoms with Crippen molar-refractivity contribution in [3.63, 3.8) is 0 Å². The lowest BCUT2D eigenvalue weighted by molar-refractivity contribution is 0.259. The average molecular weight is 213 g/mol. The Kier molecular flexibility index (Phi) is 4.01. The molecule has 3 nitrogen and oxygen atoms in total. The Morgan fingerprint density at radius 2 is 2.21 bits per heavy atom. The van der Waals surface area contributed by atoms with Crippen LogP contribution in [-0.4, -0.2) is 15.6 Å². The molecule has 0 fully saturated rings. The lowest BCUT2D eigenvalue weighted by Gasteiger charge is -2.30. The van der Waals surface area contributed by atoms with E-state index in [2.05, 4.69) is 42.6 Å². The van der Waals surface area contributed by atoms with Crippen molar-refractivity contribution < 1.29 is 0 Å². The van der Waals surface area contributed by atoms with Gasteiger partial charge in [-0.1, -0.05) is 32.2 Å². The lowest BCUT2D eigenvalue weighted by atomic mass is 9.85. The third kappa shape index (κ3) is 3.35. The minimum Gasteiger partial charge on any atom is -0.308 e. The van der Waals surface area contributed by atoms with E-state index in [-0.39, 0.29) is 0 Å². The summed E-state index contributed by atoms with van der Waals surface area (Å²) >= 11 is 1.41. The number of hydrogen-bond acceptors (Lipinski definition) is 4. The Bertz CT molecular complexity index is 251. The van der Waals surface area contributed by atoms with E-state index in [0.717, 1.165) is 18.7 Å². The predicted octanol–water partition coefficient (Wildman–Crippen LogP) is 2.45. The molecule has 0 bridgehead atoms. The molecule has 1 unspecified atom stereocenters. The molecule has 1 heterocycles. The fraction of sp³-hybridized carbons (Fsp3) is 0.800. The van der Waals surface area contributed by atoms with Crippen molar-refractivity contribution in [2.45, 2.75) is 46.7 Å². The van der Waals surface area contributed by atoms with Crippen LogP contribution in [0.1, 0.15) is 39.8 Å². The smallest absolute Gasteiger partial charge is 0.0893 e. The summed E-state index contributed by atoms with van der Waals surface area (Å²) < 4.78 is 3.84. The third-order valence-corrected chi connectivity index (χ3v) is 2.94. The molecule has 0 radical (unpaired) electrons. The van der Waals surface area contributed by atoms with Crippen molar-refractivity contribution in [3.8, 4) is 0 Å². The summed E-state index contributed by atoms with van der Waals surface area (Å²) in [6.45, 7) is 9.81. The largest absolute Gasteiger partial charge is 0.308 e. The highest BCUT2D eigenvalue weighted by Gasteiger charge is 2.22. The molecule has 0 saturated heterocycles. The summed E-state index contributed by atoms with van der Waals surface area (Å²) in [5.74, 6) is 0. The summed E-state index contributed by atoms with van der Waals surface area (Å²) in [6.07, 6.45) is 1.14. The first-order chi connectivity index (χ1) is 6.54. The molecule has 1 aromatic rings. The Morgan fingerprint density at radius 3 is 2.64 bits per heavy atom. The number of aromatic nitrogens is 2. The zero-order valence-electron chi connectivity index (χ0n) is 9.37. The molecule has 0 aliphatic heterocycles. The van der Waals surface area contributed by atoms with Crippen LogP contribution in [0.25, 0.3) is 0 Å². The van der Waals surface area contributed by atoms with Gasteiger partial charge in [0.1, 0.15) is 0 Å². The van der Waals surface area contributed by atoms with Crippen molar-refractivity contribution in [2.75, 3.05) is 0 Å². The highest BCUT2D eigenvalue weighted by molar-refractivity contribution is 7.03. The fourth-order valence-electron chi connectivity index (χ4n) is 1.55. The maximum Gasteiger partial charge on any atom is 0.0893 e. The molecule has 0 aliphatic carbocycles. The zero-order valence-corrected chi connectivity index (χ0v) is 10.2. The van der Waals surface area contributed by atoms with Crippen molar-refractivity contribution in [1.29, 1.82) is 0 Å². The van der Waals surface area contributed by atoms with Crippen LogP contribution in [0.4, 0.5) is 0 Å². The van der Waals surface area contributed by atoms with Gasteiger partial charge in [-0.2, -0.15) is 0 Å². The first-order valence-corrected chi connectivity index (χ1v) is 5.87. The van der Waals surface area contributed by atoms with E-state index in [9.17, 15) is 0 Å². The standard InChI is InChI=1S/C10H19N3S/c1-5-9(10(2,3)4)11-6-8-7-14-13-12-8/h7,9,11H,5-6H2,1-4H3. The molecule has 0 aromatic carbocycles. The molecule has 1 N–H and O–H groups in total. The Balaban J connectivity index is 2.43. The molecule has 0 aliphatic rings. The SMILES string of the molecule is CCC(NCc1csnn1)C(C)(C)C. The van der Waals surface area contributed by atoms with E-state index in [1.807, 2.05) is 5.38 Å². The van der Waals surface area contributed by atoms with Gasteiger partial charge in [0.25, 0.3) is 0 Å². The first kappa shape index (κ1) is 11.6. The minimum absolute atomic E-state index is 0.304. The van der Waals surface area contributed by atoms with Gasteiger partial charge in [-0.3, -0.25) is 0 Å². The molecular formula is C10H19N3S. The summed E-state index contributed by atoms with van der Waals surface area (Å²) in [6, 6.07) is 0.532. The summed E-state index contributed by atoms with van der Waals surface area (Å²) in [7, 11) is 0. The number of nitrogens with zero attached hydrogens (tertiary/aromatic N) is 2. The van der Waals surface area contributed by atoms with E-state index in [1.165, 1.54) is 11.5 Å². The topological polar surface area (TPSA) is 37.8 Å². The van der Waals surface area contributed by atoms with Gasteiger partial charge in [0.05, 0.1) is 5.69 Å². The molecule has 1 rings (SSSR count). The van der Waals surface area contributed by atoms with Crippen LogP contribution in [0.3, 0.4) is 0 Å². The van der Waals surface area contributed by atoms with Crippen molar-refractivity contribution >= 4 is 11.5 Å². The molecule has 14 heavy (non-hydrogen) atoms. The van der Waals surface area contributed by atoms with Gasteiger partial charge in [0.2, 0.25) is 0 Å². The van der Waals surface area contributed by atoms with E-state index in [4.69, 9.17) is 0 Å². The van der Waals surface area contributed by atoms with Gasteiger partial charge in [0, 0.05) is 18.0 Å². The van der Waals surface area contributed by atoms with Crippen LogP contribution in [0.2, 0.25) is 0 Å². The number of hydrogen-bond donors (Lipinski definition) is 1. The van der Waals surface area contributed by atoms with Crippen LogP contribution >= 0.6 is 11.5 Å². The van der Waals surface area contributed by atoms with E-state index >= 15 is 0 Å². The third-order valence-electron chi connectivity index (χ3n) is 2.39. The Hall–Kier alpha value is -0.480.